The molecule has 1 fully saturated rings. The van der Waals surface area contributed by atoms with Crippen LogP contribution in [-0.4, -0.2) is 43.4 Å². The first-order valence-corrected chi connectivity index (χ1v) is 6.93. The van der Waals surface area contributed by atoms with Crippen molar-refractivity contribution < 1.29 is 9.59 Å². The molecular formula is C15H19N3O2. The molecule has 3 rings (SSSR count). The Labute approximate surface area is 118 Å². The first kappa shape index (κ1) is 13.1. The summed E-state index contributed by atoms with van der Waals surface area (Å²) in [6, 6.07) is 7.94. The van der Waals surface area contributed by atoms with Crippen LogP contribution >= 0.6 is 0 Å². The number of piperidine rings is 1. The normalized spacial score (nSPS) is 26.1. The van der Waals surface area contributed by atoms with Crippen molar-refractivity contribution in [3.63, 3.8) is 0 Å². The van der Waals surface area contributed by atoms with Crippen molar-refractivity contribution in [3.8, 4) is 0 Å². The number of nitrogens with two attached hydrogens (primary N) is 1. The molecule has 0 bridgehead atoms. The zero-order valence-corrected chi connectivity index (χ0v) is 11.6. The molecule has 1 spiro atoms. The summed E-state index contributed by atoms with van der Waals surface area (Å²) in [5.41, 5.74) is 6.86. The van der Waals surface area contributed by atoms with Crippen molar-refractivity contribution >= 4 is 17.5 Å². The molecule has 106 valence electrons. The highest BCUT2D eigenvalue weighted by Gasteiger charge is 2.51. The number of nitrogens with zero attached hydrogens (tertiary/aromatic N) is 2. The van der Waals surface area contributed by atoms with Gasteiger partial charge in [0, 0.05) is 19.3 Å². The quantitative estimate of drug-likeness (QED) is 0.852. The molecule has 0 unspecified atom stereocenters. The Hall–Kier alpha value is -1.88. The summed E-state index contributed by atoms with van der Waals surface area (Å²) < 4.78 is 0. The maximum atomic E-state index is 12.8. The van der Waals surface area contributed by atoms with Crippen LogP contribution in [0.5, 0.6) is 0 Å². The molecule has 1 atom stereocenters. The number of likely N-dealkylation sites (N-methyl/N-ethyl adjacent to an activating group) is 1. The molecule has 2 N–H and O–H groups in total. The molecule has 1 aromatic carbocycles. The van der Waals surface area contributed by atoms with E-state index in [1.807, 2.05) is 36.2 Å². The Morgan fingerprint density at radius 3 is 2.90 bits per heavy atom. The summed E-state index contributed by atoms with van der Waals surface area (Å²) in [6.45, 7) is 1.63. The zero-order chi connectivity index (χ0) is 14.3. The topological polar surface area (TPSA) is 66.6 Å². The van der Waals surface area contributed by atoms with Crippen LogP contribution in [0, 0.1) is 0 Å². The minimum Gasteiger partial charge on any atom is -0.369 e. The second-order valence-electron chi connectivity index (χ2n) is 5.74. The molecule has 0 aliphatic carbocycles. The van der Waals surface area contributed by atoms with Gasteiger partial charge >= 0.3 is 0 Å². The van der Waals surface area contributed by atoms with Gasteiger partial charge in [-0.15, -0.1) is 0 Å². The SMILES string of the molecule is CN1C(=O)[C@@]2(CCCN(CC(N)=O)C2)c2ccccc21. The molecular weight excluding hydrogens is 254 g/mol. The highest BCUT2D eigenvalue weighted by molar-refractivity contribution is 6.08. The van der Waals surface area contributed by atoms with Crippen molar-refractivity contribution in [2.75, 3.05) is 31.6 Å². The summed E-state index contributed by atoms with van der Waals surface area (Å²) in [4.78, 5) is 27.6. The fourth-order valence-electron chi connectivity index (χ4n) is 3.61. The largest absolute Gasteiger partial charge is 0.369 e. The molecule has 2 aliphatic rings. The minimum atomic E-state index is -0.501. The third kappa shape index (κ3) is 1.81. The zero-order valence-electron chi connectivity index (χ0n) is 11.6. The molecule has 2 heterocycles. The monoisotopic (exact) mass is 273 g/mol. The molecule has 5 nitrogen and oxygen atoms in total. The maximum Gasteiger partial charge on any atom is 0.238 e. The predicted octanol–water partition coefficient (Wildman–Crippen LogP) is 0.482. The molecule has 20 heavy (non-hydrogen) atoms. The lowest BCUT2D eigenvalue weighted by molar-refractivity contribution is -0.127. The minimum absolute atomic E-state index is 0.132. The molecule has 1 aromatic rings. The number of amides is 2. The Balaban J connectivity index is 1.99. The Kier molecular flexibility index (Phi) is 3.01. The highest BCUT2D eigenvalue weighted by Crippen LogP contribution is 2.45. The number of rotatable bonds is 2. The van der Waals surface area contributed by atoms with E-state index in [1.54, 1.807) is 4.90 Å². The first-order valence-electron chi connectivity index (χ1n) is 6.93. The van der Waals surface area contributed by atoms with Crippen molar-refractivity contribution in [2.24, 2.45) is 5.73 Å². The highest BCUT2D eigenvalue weighted by atomic mass is 16.2. The van der Waals surface area contributed by atoms with Crippen LogP contribution in [0.1, 0.15) is 18.4 Å². The van der Waals surface area contributed by atoms with Crippen molar-refractivity contribution in [3.05, 3.63) is 29.8 Å². The molecule has 5 heteroatoms. The fraction of sp³-hybridized carbons (Fsp3) is 0.467. The van der Waals surface area contributed by atoms with Crippen molar-refractivity contribution in [1.82, 2.24) is 4.90 Å². The van der Waals surface area contributed by atoms with Gasteiger partial charge in [-0.2, -0.15) is 0 Å². The average Bonchev–Trinajstić information content (AvgIpc) is 2.62. The molecule has 2 amide bonds. The van der Waals surface area contributed by atoms with Crippen molar-refractivity contribution in [1.29, 1.82) is 0 Å². The number of hydrogen-bond acceptors (Lipinski definition) is 3. The summed E-state index contributed by atoms with van der Waals surface area (Å²) in [7, 11) is 1.82. The number of likely N-dealkylation sites (tertiary alicyclic amines) is 1. The van der Waals surface area contributed by atoms with E-state index < -0.39 is 5.41 Å². The van der Waals surface area contributed by atoms with Gasteiger partial charge < -0.3 is 10.6 Å². The lowest BCUT2D eigenvalue weighted by atomic mass is 9.75. The fourth-order valence-corrected chi connectivity index (χ4v) is 3.61. The number of hydrogen-bond donors (Lipinski definition) is 1. The number of anilines is 1. The maximum absolute atomic E-state index is 12.8. The Morgan fingerprint density at radius 2 is 2.15 bits per heavy atom. The van der Waals surface area contributed by atoms with Gasteiger partial charge in [0.25, 0.3) is 0 Å². The van der Waals surface area contributed by atoms with Gasteiger partial charge in [0.05, 0.1) is 12.0 Å². The number of carbonyl (C=O) groups excluding carboxylic acids is 2. The molecule has 2 aliphatic heterocycles. The van der Waals surface area contributed by atoms with Gasteiger partial charge in [-0.1, -0.05) is 18.2 Å². The second kappa shape index (κ2) is 4.59. The van der Waals surface area contributed by atoms with Crippen LogP contribution in [0.15, 0.2) is 24.3 Å². The first-order chi connectivity index (χ1) is 9.54. The van der Waals surface area contributed by atoms with E-state index in [0.29, 0.717) is 6.54 Å². The summed E-state index contributed by atoms with van der Waals surface area (Å²) in [5, 5.41) is 0. The Morgan fingerprint density at radius 1 is 1.40 bits per heavy atom. The summed E-state index contributed by atoms with van der Waals surface area (Å²) in [5.74, 6) is -0.206. The average molecular weight is 273 g/mol. The molecule has 1 saturated heterocycles. The number of carbonyl (C=O) groups is 2. The van der Waals surface area contributed by atoms with Crippen LogP contribution in [-0.2, 0) is 15.0 Å². The van der Waals surface area contributed by atoms with Gasteiger partial charge in [0.2, 0.25) is 11.8 Å². The van der Waals surface area contributed by atoms with E-state index in [9.17, 15) is 9.59 Å². The van der Waals surface area contributed by atoms with E-state index in [1.165, 1.54) is 0 Å². The standard InChI is InChI=1S/C15H19N3O2/c1-17-12-6-3-2-5-11(12)15(14(17)20)7-4-8-18(10-15)9-13(16)19/h2-3,5-6H,4,7-10H2,1H3,(H2,16,19)/t15-/m1/s1. The molecule has 0 saturated carbocycles. The summed E-state index contributed by atoms with van der Waals surface area (Å²) in [6.07, 6.45) is 1.74. The number of fused-ring (bicyclic) bond motifs is 2. The van der Waals surface area contributed by atoms with Gasteiger partial charge in [-0.05, 0) is 31.0 Å². The second-order valence-corrected chi connectivity index (χ2v) is 5.74. The predicted molar refractivity (Wildman–Crippen MR) is 76.4 cm³/mol. The van der Waals surface area contributed by atoms with Gasteiger partial charge in [0.1, 0.15) is 0 Å². The van der Waals surface area contributed by atoms with Crippen LogP contribution in [0.2, 0.25) is 0 Å². The van der Waals surface area contributed by atoms with Crippen LogP contribution < -0.4 is 10.6 Å². The van der Waals surface area contributed by atoms with Crippen LogP contribution in [0.4, 0.5) is 5.69 Å². The third-order valence-corrected chi connectivity index (χ3v) is 4.45. The molecule has 0 radical (unpaired) electrons. The molecule has 0 aromatic heterocycles. The van der Waals surface area contributed by atoms with Crippen molar-refractivity contribution in [2.45, 2.75) is 18.3 Å². The lowest BCUT2D eigenvalue weighted by Crippen LogP contribution is -2.53. The van der Waals surface area contributed by atoms with E-state index in [-0.39, 0.29) is 18.4 Å². The van der Waals surface area contributed by atoms with Gasteiger partial charge in [-0.25, -0.2) is 0 Å². The van der Waals surface area contributed by atoms with Gasteiger partial charge in [-0.3, -0.25) is 14.5 Å². The lowest BCUT2D eigenvalue weighted by Gasteiger charge is -2.38. The van der Waals surface area contributed by atoms with E-state index in [4.69, 9.17) is 5.73 Å². The number of primary amides is 1. The van der Waals surface area contributed by atoms with Gasteiger partial charge in [0.15, 0.2) is 0 Å². The van der Waals surface area contributed by atoms with E-state index in [2.05, 4.69) is 0 Å². The number of para-hydroxylation sites is 1. The van der Waals surface area contributed by atoms with E-state index in [0.717, 1.165) is 30.6 Å². The number of benzene rings is 1. The summed E-state index contributed by atoms with van der Waals surface area (Å²) >= 11 is 0. The third-order valence-electron chi connectivity index (χ3n) is 4.45. The van der Waals surface area contributed by atoms with Crippen LogP contribution in [0.25, 0.3) is 0 Å². The van der Waals surface area contributed by atoms with Crippen LogP contribution in [0.3, 0.4) is 0 Å². The Bertz CT molecular complexity index is 572. The smallest absolute Gasteiger partial charge is 0.238 e. The van der Waals surface area contributed by atoms with E-state index >= 15 is 0 Å².